The quantitative estimate of drug-likeness (QED) is 0.499. The Hall–Kier alpha value is -3.05. The van der Waals surface area contributed by atoms with E-state index in [9.17, 15) is 19.2 Å². The van der Waals surface area contributed by atoms with Crippen molar-refractivity contribution in [2.45, 2.75) is 54.2 Å². The Balaban J connectivity index is 1.88. The first-order valence-electron chi connectivity index (χ1n) is 10.3. The second kappa shape index (κ2) is 9.84. The van der Waals surface area contributed by atoms with Crippen LogP contribution in [0.15, 0.2) is 11.1 Å². The van der Waals surface area contributed by atoms with Crippen LogP contribution in [-0.4, -0.2) is 40.1 Å². The molecule has 0 bridgehead atoms. The second-order valence-corrected chi connectivity index (χ2v) is 9.85. The lowest BCUT2D eigenvalue weighted by atomic mass is 10.1. The minimum atomic E-state index is -0.510. The number of ether oxygens (including phenoxy) is 2. The molecule has 0 unspecified atom stereocenters. The van der Waals surface area contributed by atoms with Crippen molar-refractivity contribution in [3.8, 4) is 0 Å². The third kappa shape index (κ3) is 4.98. The van der Waals surface area contributed by atoms with Crippen LogP contribution in [-0.2, 0) is 20.8 Å². The molecule has 3 rings (SSSR count). The summed E-state index contributed by atoms with van der Waals surface area (Å²) in [6.45, 7) is 10.4. The summed E-state index contributed by atoms with van der Waals surface area (Å²) in [7, 11) is 0. The number of hydrogen-bond donors (Lipinski definition) is 1. The van der Waals surface area contributed by atoms with Crippen molar-refractivity contribution in [3.05, 3.63) is 43.1 Å². The predicted octanol–water partition coefficient (Wildman–Crippen LogP) is 3.83. The minimum absolute atomic E-state index is 0.217. The lowest BCUT2D eigenvalue weighted by Gasteiger charge is -2.08. The van der Waals surface area contributed by atoms with Crippen molar-refractivity contribution in [3.63, 3.8) is 0 Å². The molecule has 0 atom stereocenters. The summed E-state index contributed by atoms with van der Waals surface area (Å²) in [5.74, 6) is -1.51. The molecule has 33 heavy (non-hydrogen) atoms. The summed E-state index contributed by atoms with van der Waals surface area (Å²) in [6, 6.07) is 0. The highest BCUT2D eigenvalue weighted by molar-refractivity contribution is 7.20. The lowest BCUT2D eigenvalue weighted by Crippen LogP contribution is -2.28. The van der Waals surface area contributed by atoms with Crippen LogP contribution in [0.2, 0.25) is 0 Å². The number of rotatable bonds is 7. The molecule has 0 saturated carbocycles. The fourth-order valence-electron chi connectivity index (χ4n) is 3.22. The highest BCUT2D eigenvalue weighted by Gasteiger charge is 2.24. The summed E-state index contributed by atoms with van der Waals surface area (Å²) in [6.07, 6.45) is 0.981. The number of thiophene rings is 2. The highest BCUT2D eigenvalue weighted by atomic mass is 32.1. The van der Waals surface area contributed by atoms with Gasteiger partial charge in [0.15, 0.2) is 0 Å². The van der Waals surface area contributed by atoms with Gasteiger partial charge in [-0.1, -0.05) is 0 Å². The zero-order valence-corrected chi connectivity index (χ0v) is 20.9. The van der Waals surface area contributed by atoms with Gasteiger partial charge in [-0.15, -0.1) is 22.7 Å². The molecule has 0 radical (unpaired) electrons. The van der Waals surface area contributed by atoms with Crippen LogP contribution in [0.1, 0.15) is 56.8 Å². The molecule has 9 nitrogen and oxygen atoms in total. The van der Waals surface area contributed by atoms with E-state index in [-0.39, 0.29) is 24.6 Å². The van der Waals surface area contributed by atoms with Gasteiger partial charge in [0.25, 0.3) is 5.56 Å². The monoisotopic (exact) mass is 491 g/mol. The fraction of sp³-hybridized carbons (Fsp3) is 0.409. The predicted molar refractivity (Wildman–Crippen MR) is 128 cm³/mol. The SMILES string of the molecule is CCOC(=O)c1c(NC(=O)Cn2cnc3sc(C(=O)OC(C)C)c(C)c3c2=O)sc(C)c1C. The number of carbonyl (C=O) groups excluding carboxylic acids is 3. The number of esters is 2. The number of fused-ring (bicyclic) bond motifs is 1. The average Bonchev–Trinajstić information content (AvgIpc) is 3.20. The van der Waals surface area contributed by atoms with E-state index in [1.54, 1.807) is 34.6 Å². The first-order chi connectivity index (χ1) is 15.5. The Labute approximate surface area is 198 Å². The molecule has 0 aliphatic rings. The Morgan fingerprint density at radius 2 is 1.82 bits per heavy atom. The molecule has 3 aromatic heterocycles. The maximum absolute atomic E-state index is 13.0. The van der Waals surface area contributed by atoms with Gasteiger partial charge >= 0.3 is 11.9 Å². The van der Waals surface area contributed by atoms with Gasteiger partial charge in [-0.25, -0.2) is 14.6 Å². The summed E-state index contributed by atoms with van der Waals surface area (Å²) in [5, 5.41) is 3.37. The summed E-state index contributed by atoms with van der Waals surface area (Å²) < 4.78 is 11.5. The molecule has 0 saturated heterocycles. The molecule has 11 heteroatoms. The van der Waals surface area contributed by atoms with Gasteiger partial charge in [0, 0.05) is 4.88 Å². The van der Waals surface area contributed by atoms with Crippen LogP contribution >= 0.6 is 22.7 Å². The summed E-state index contributed by atoms with van der Waals surface area (Å²) in [4.78, 5) is 56.3. The van der Waals surface area contributed by atoms with Crippen LogP contribution in [0.4, 0.5) is 5.00 Å². The molecule has 0 aliphatic carbocycles. The topological polar surface area (TPSA) is 117 Å². The Morgan fingerprint density at radius 1 is 1.12 bits per heavy atom. The van der Waals surface area contributed by atoms with E-state index in [1.165, 1.54) is 22.2 Å². The van der Waals surface area contributed by atoms with Crippen LogP contribution < -0.4 is 10.9 Å². The molecule has 176 valence electrons. The highest BCUT2D eigenvalue weighted by Crippen LogP contribution is 2.33. The number of aromatic nitrogens is 2. The zero-order chi connectivity index (χ0) is 24.4. The number of anilines is 1. The van der Waals surface area contributed by atoms with Crippen LogP contribution in [0.3, 0.4) is 0 Å². The van der Waals surface area contributed by atoms with E-state index in [4.69, 9.17) is 9.47 Å². The molecule has 0 aromatic carbocycles. The molecular formula is C22H25N3O6S2. The summed E-state index contributed by atoms with van der Waals surface area (Å²) >= 11 is 2.35. The van der Waals surface area contributed by atoms with Crippen molar-refractivity contribution < 1.29 is 23.9 Å². The van der Waals surface area contributed by atoms with Crippen molar-refractivity contribution in [1.82, 2.24) is 9.55 Å². The molecule has 1 N–H and O–H groups in total. The van der Waals surface area contributed by atoms with E-state index in [0.29, 0.717) is 25.8 Å². The zero-order valence-electron chi connectivity index (χ0n) is 19.2. The number of aryl methyl sites for hydroxylation is 2. The standard InChI is InChI=1S/C22H25N3O6S2/c1-7-30-21(28)16-11(4)13(6)32-19(16)24-14(26)8-25-9-23-18-15(20(25)27)12(5)17(33-18)22(29)31-10(2)3/h9-10H,7-8H2,1-6H3,(H,24,26). The second-order valence-electron chi connectivity index (χ2n) is 7.62. The van der Waals surface area contributed by atoms with E-state index in [0.717, 1.165) is 21.8 Å². The molecule has 0 fully saturated rings. The van der Waals surface area contributed by atoms with E-state index in [2.05, 4.69) is 10.3 Å². The fourth-order valence-corrected chi connectivity index (χ4v) is 5.31. The molecule has 0 aliphatic heterocycles. The number of nitrogens with one attached hydrogen (secondary N) is 1. The smallest absolute Gasteiger partial charge is 0.348 e. The maximum Gasteiger partial charge on any atom is 0.348 e. The summed E-state index contributed by atoms with van der Waals surface area (Å²) in [5.41, 5.74) is 1.10. The number of nitrogens with zero attached hydrogens (tertiary/aromatic N) is 2. The van der Waals surface area contributed by atoms with Gasteiger partial charge in [-0.2, -0.15) is 0 Å². The lowest BCUT2D eigenvalue weighted by molar-refractivity contribution is -0.116. The van der Waals surface area contributed by atoms with E-state index in [1.807, 2.05) is 6.92 Å². The Kier molecular flexibility index (Phi) is 7.33. The first-order valence-corrected chi connectivity index (χ1v) is 11.9. The normalized spacial score (nSPS) is 11.1. The van der Waals surface area contributed by atoms with Gasteiger partial charge in [-0.05, 0) is 52.7 Å². The number of amides is 1. The third-order valence-corrected chi connectivity index (χ3v) is 7.18. The molecule has 1 amide bonds. The Morgan fingerprint density at radius 3 is 2.45 bits per heavy atom. The van der Waals surface area contributed by atoms with Crippen molar-refractivity contribution in [2.24, 2.45) is 0 Å². The van der Waals surface area contributed by atoms with Crippen LogP contribution in [0.5, 0.6) is 0 Å². The first kappa shape index (κ1) is 24.6. The van der Waals surface area contributed by atoms with Crippen molar-refractivity contribution in [2.75, 3.05) is 11.9 Å². The third-order valence-electron chi connectivity index (χ3n) is 4.88. The average molecular weight is 492 g/mol. The maximum atomic E-state index is 13.0. The van der Waals surface area contributed by atoms with Crippen molar-refractivity contribution in [1.29, 1.82) is 0 Å². The van der Waals surface area contributed by atoms with Crippen LogP contribution in [0.25, 0.3) is 10.2 Å². The van der Waals surface area contributed by atoms with Gasteiger partial charge < -0.3 is 14.8 Å². The van der Waals surface area contributed by atoms with E-state index < -0.39 is 23.4 Å². The van der Waals surface area contributed by atoms with E-state index >= 15 is 0 Å². The number of hydrogen-bond acceptors (Lipinski definition) is 9. The van der Waals surface area contributed by atoms with Gasteiger partial charge in [-0.3, -0.25) is 14.2 Å². The molecule has 0 spiro atoms. The minimum Gasteiger partial charge on any atom is -0.462 e. The molecule has 3 heterocycles. The Bertz CT molecular complexity index is 1300. The van der Waals surface area contributed by atoms with Crippen LogP contribution in [0, 0.1) is 20.8 Å². The van der Waals surface area contributed by atoms with Crippen molar-refractivity contribution >= 4 is 55.7 Å². The molecule has 3 aromatic rings. The van der Waals surface area contributed by atoms with Gasteiger partial charge in [0.1, 0.15) is 21.3 Å². The van der Waals surface area contributed by atoms with Gasteiger partial charge in [0.2, 0.25) is 5.91 Å². The number of carbonyl (C=O) groups is 3. The largest absolute Gasteiger partial charge is 0.462 e. The van der Waals surface area contributed by atoms with Gasteiger partial charge in [0.05, 0.1) is 30.0 Å². The molecular weight excluding hydrogens is 466 g/mol.